The zero-order valence-electron chi connectivity index (χ0n) is 9.69. The van der Waals surface area contributed by atoms with Gasteiger partial charge in [-0.25, -0.2) is 0 Å². The van der Waals surface area contributed by atoms with Crippen molar-refractivity contribution in [2.45, 2.75) is 37.4 Å². The zero-order valence-corrected chi connectivity index (χ0v) is 11.3. The van der Waals surface area contributed by atoms with Gasteiger partial charge in [0.1, 0.15) is 5.78 Å². The van der Waals surface area contributed by atoms with Crippen molar-refractivity contribution < 1.29 is 4.79 Å². The van der Waals surface area contributed by atoms with Crippen LogP contribution in [0.4, 0.5) is 0 Å². The molecule has 2 rings (SSSR count). The van der Waals surface area contributed by atoms with Crippen LogP contribution in [0.2, 0.25) is 5.02 Å². The minimum atomic E-state index is 0.259. The standard InChI is InChI=1S/C13H16ClNOS/c14-13-8-15-6-5-10(13)7-11(16)9-17-12-3-1-2-4-12/h5-6,8,12H,1-4,7,9H2. The molecule has 1 aliphatic rings. The van der Waals surface area contributed by atoms with Gasteiger partial charge < -0.3 is 0 Å². The first-order valence-corrected chi connectivity index (χ1v) is 7.40. The van der Waals surface area contributed by atoms with Crippen molar-refractivity contribution >= 4 is 29.1 Å². The van der Waals surface area contributed by atoms with Gasteiger partial charge in [-0.15, -0.1) is 0 Å². The smallest absolute Gasteiger partial charge is 0.147 e. The highest BCUT2D eigenvalue weighted by Crippen LogP contribution is 2.29. The van der Waals surface area contributed by atoms with Gasteiger partial charge in [-0.05, 0) is 24.5 Å². The van der Waals surface area contributed by atoms with E-state index in [1.54, 1.807) is 12.4 Å². The van der Waals surface area contributed by atoms with E-state index in [0.717, 1.165) is 5.56 Å². The fourth-order valence-electron chi connectivity index (χ4n) is 2.08. The molecule has 92 valence electrons. The Morgan fingerprint density at radius 1 is 1.47 bits per heavy atom. The predicted molar refractivity (Wildman–Crippen MR) is 72.7 cm³/mol. The summed E-state index contributed by atoms with van der Waals surface area (Å²) in [5.41, 5.74) is 0.888. The topological polar surface area (TPSA) is 30.0 Å². The van der Waals surface area contributed by atoms with Gasteiger partial charge in [0.2, 0.25) is 0 Å². The molecule has 0 unspecified atom stereocenters. The lowest BCUT2D eigenvalue weighted by atomic mass is 10.1. The van der Waals surface area contributed by atoms with Crippen LogP contribution in [0.1, 0.15) is 31.2 Å². The predicted octanol–water partition coefficient (Wildman–Crippen LogP) is 3.52. The molecule has 1 aromatic heterocycles. The minimum Gasteiger partial charge on any atom is -0.298 e. The van der Waals surface area contributed by atoms with Crippen molar-refractivity contribution in [2.24, 2.45) is 0 Å². The molecule has 0 radical (unpaired) electrons. The quantitative estimate of drug-likeness (QED) is 0.819. The van der Waals surface area contributed by atoms with E-state index in [0.29, 0.717) is 22.4 Å². The maximum absolute atomic E-state index is 11.8. The number of ketones is 1. The van der Waals surface area contributed by atoms with E-state index in [1.165, 1.54) is 25.7 Å². The number of hydrogen-bond acceptors (Lipinski definition) is 3. The Balaban J connectivity index is 1.79. The molecule has 1 aromatic rings. The Morgan fingerprint density at radius 2 is 2.24 bits per heavy atom. The van der Waals surface area contributed by atoms with E-state index in [9.17, 15) is 4.79 Å². The maximum Gasteiger partial charge on any atom is 0.147 e. The SMILES string of the molecule is O=C(CSC1CCCC1)Cc1ccncc1Cl. The zero-order chi connectivity index (χ0) is 12.1. The van der Waals surface area contributed by atoms with Crippen LogP contribution in [0.15, 0.2) is 18.5 Å². The van der Waals surface area contributed by atoms with Crippen LogP contribution in [-0.2, 0) is 11.2 Å². The molecule has 0 aliphatic heterocycles. The average molecular weight is 270 g/mol. The van der Waals surface area contributed by atoms with E-state index in [-0.39, 0.29) is 5.78 Å². The third-order valence-electron chi connectivity index (χ3n) is 3.03. The molecule has 1 saturated carbocycles. The van der Waals surface area contributed by atoms with Gasteiger partial charge in [-0.1, -0.05) is 24.4 Å². The first-order chi connectivity index (χ1) is 8.25. The molecule has 1 aliphatic carbocycles. The number of carbonyl (C=O) groups is 1. The van der Waals surface area contributed by atoms with Crippen LogP contribution < -0.4 is 0 Å². The number of aromatic nitrogens is 1. The summed E-state index contributed by atoms with van der Waals surface area (Å²) in [5, 5.41) is 1.29. The van der Waals surface area contributed by atoms with Gasteiger partial charge in [-0.3, -0.25) is 9.78 Å². The molecule has 0 spiro atoms. The highest BCUT2D eigenvalue weighted by atomic mass is 35.5. The van der Waals surface area contributed by atoms with Crippen molar-refractivity contribution in [1.82, 2.24) is 4.98 Å². The molecule has 2 nitrogen and oxygen atoms in total. The Labute approximate surface area is 111 Å². The fourth-order valence-corrected chi connectivity index (χ4v) is 3.45. The summed E-state index contributed by atoms with van der Waals surface area (Å²) in [6, 6.07) is 1.82. The number of pyridine rings is 1. The van der Waals surface area contributed by atoms with Crippen molar-refractivity contribution in [1.29, 1.82) is 0 Å². The summed E-state index contributed by atoms with van der Waals surface area (Å²) >= 11 is 7.78. The van der Waals surface area contributed by atoms with Gasteiger partial charge in [-0.2, -0.15) is 11.8 Å². The van der Waals surface area contributed by atoms with E-state index in [2.05, 4.69) is 4.98 Å². The fraction of sp³-hybridized carbons (Fsp3) is 0.538. The van der Waals surface area contributed by atoms with Gasteiger partial charge >= 0.3 is 0 Å². The average Bonchev–Trinajstić information content (AvgIpc) is 2.82. The van der Waals surface area contributed by atoms with Crippen molar-refractivity contribution in [3.05, 3.63) is 29.0 Å². The van der Waals surface area contributed by atoms with Crippen LogP contribution in [-0.4, -0.2) is 21.8 Å². The van der Waals surface area contributed by atoms with E-state index in [4.69, 9.17) is 11.6 Å². The summed E-state index contributed by atoms with van der Waals surface area (Å²) in [7, 11) is 0. The highest BCUT2D eigenvalue weighted by Gasteiger charge is 2.17. The molecule has 4 heteroatoms. The second-order valence-electron chi connectivity index (χ2n) is 4.40. The van der Waals surface area contributed by atoms with Crippen LogP contribution in [0.3, 0.4) is 0 Å². The van der Waals surface area contributed by atoms with Crippen molar-refractivity contribution in [3.8, 4) is 0 Å². The molecule has 0 aromatic carbocycles. The lowest BCUT2D eigenvalue weighted by Crippen LogP contribution is -2.09. The van der Waals surface area contributed by atoms with E-state index >= 15 is 0 Å². The normalized spacial score (nSPS) is 16.3. The molecule has 1 heterocycles. The number of nitrogens with zero attached hydrogens (tertiary/aromatic N) is 1. The minimum absolute atomic E-state index is 0.259. The van der Waals surface area contributed by atoms with Crippen LogP contribution >= 0.6 is 23.4 Å². The van der Waals surface area contributed by atoms with Gasteiger partial charge in [0.15, 0.2) is 0 Å². The lowest BCUT2D eigenvalue weighted by Gasteiger charge is -2.08. The Morgan fingerprint density at radius 3 is 2.94 bits per heavy atom. The Hall–Kier alpha value is -0.540. The second kappa shape index (κ2) is 6.41. The Bertz CT molecular complexity index is 391. The third-order valence-corrected chi connectivity index (χ3v) is 4.80. The first kappa shape index (κ1) is 12.9. The van der Waals surface area contributed by atoms with Gasteiger partial charge in [0, 0.05) is 24.1 Å². The number of thioether (sulfide) groups is 1. The second-order valence-corrected chi connectivity index (χ2v) is 6.10. The maximum atomic E-state index is 11.8. The van der Waals surface area contributed by atoms with Crippen LogP contribution in [0, 0.1) is 0 Å². The largest absolute Gasteiger partial charge is 0.298 e. The van der Waals surface area contributed by atoms with E-state index < -0.39 is 0 Å². The first-order valence-electron chi connectivity index (χ1n) is 5.97. The number of Topliss-reactive ketones (excluding diaryl/α,β-unsaturated/α-hetero) is 1. The number of carbonyl (C=O) groups excluding carboxylic acids is 1. The molecule has 0 saturated heterocycles. The number of rotatable bonds is 5. The molecule has 0 bridgehead atoms. The Kier molecular flexibility index (Phi) is 4.86. The van der Waals surface area contributed by atoms with Crippen LogP contribution in [0.5, 0.6) is 0 Å². The van der Waals surface area contributed by atoms with E-state index in [1.807, 2.05) is 17.8 Å². The lowest BCUT2D eigenvalue weighted by molar-refractivity contribution is -0.116. The summed E-state index contributed by atoms with van der Waals surface area (Å²) in [6.07, 6.45) is 8.89. The molecule has 0 atom stereocenters. The molecule has 0 amide bonds. The molecule has 1 fully saturated rings. The third kappa shape index (κ3) is 4.00. The summed E-state index contributed by atoms with van der Waals surface area (Å²) in [5.74, 6) is 0.874. The molecule has 0 N–H and O–H groups in total. The monoisotopic (exact) mass is 269 g/mol. The van der Waals surface area contributed by atoms with Gasteiger partial charge in [0.25, 0.3) is 0 Å². The van der Waals surface area contributed by atoms with Gasteiger partial charge in [0.05, 0.1) is 10.8 Å². The summed E-state index contributed by atoms with van der Waals surface area (Å²) in [6.45, 7) is 0. The van der Waals surface area contributed by atoms with Crippen molar-refractivity contribution in [3.63, 3.8) is 0 Å². The summed E-state index contributed by atoms with van der Waals surface area (Å²) in [4.78, 5) is 15.7. The van der Waals surface area contributed by atoms with Crippen LogP contribution in [0.25, 0.3) is 0 Å². The number of hydrogen-bond donors (Lipinski definition) is 0. The molecule has 17 heavy (non-hydrogen) atoms. The highest BCUT2D eigenvalue weighted by molar-refractivity contribution is 8.00. The van der Waals surface area contributed by atoms with Crippen molar-refractivity contribution in [2.75, 3.05) is 5.75 Å². The number of halogens is 1. The summed E-state index contributed by atoms with van der Waals surface area (Å²) < 4.78 is 0. The molecular weight excluding hydrogens is 254 g/mol. The molecular formula is C13H16ClNOS.